The molecule has 11 nitrogen and oxygen atoms in total. The lowest BCUT2D eigenvalue weighted by Crippen LogP contribution is -2.45. The highest BCUT2D eigenvalue weighted by atomic mass is 15.3. The highest BCUT2D eigenvalue weighted by molar-refractivity contribution is 5.82. The Hall–Kier alpha value is -4.95. The second kappa shape index (κ2) is 10.4. The molecule has 2 unspecified atom stereocenters. The van der Waals surface area contributed by atoms with Crippen molar-refractivity contribution >= 4 is 22.9 Å². The Morgan fingerprint density at radius 1 is 1.03 bits per heavy atom. The molecule has 5 aromatic rings. The molecule has 1 saturated heterocycles. The van der Waals surface area contributed by atoms with E-state index < -0.39 is 0 Å². The van der Waals surface area contributed by atoms with Gasteiger partial charge in [0.05, 0.1) is 17.4 Å². The predicted octanol–water partition coefficient (Wildman–Crippen LogP) is 3.89. The van der Waals surface area contributed by atoms with Crippen LogP contribution in [-0.4, -0.2) is 58.5 Å². The molecule has 0 saturated carbocycles. The monoisotopic (exact) mass is 517 g/mol. The molecule has 0 aliphatic carbocycles. The van der Waals surface area contributed by atoms with Gasteiger partial charge in [0.2, 0.25) is 11.8 Å². The molecule has 39 heavy (non-hydrogen) atoms. The molecule has 0 bridgehead atoms. The van der Waals surface area contributed by atoms with E-state index >= 15 is 0 Å². The third kappa shape index (κ3) is 4.85. The number of benzene rings is 1. The number of pyridine rings is 2. The highest BCUT2D eigenvalue weighted by Crippen LogP contribution is 2.33. The number of anilines is 2. The van der Waals surface area contributed by atoms with Crippen LogP contribution in [0.25, 0.3) is 33.8 Å². The summed E-state index contributed by atoms with van der Waals surface area (Å²) in [6.07, 6.45) is 4.90. The Bertz CT molecular complexity index is 1660. The first-order chi connectivity index (χ1) is 19.1. The molecule has 1 aliphatic rings. The fraction of sp³-hybridized carbons (Fsp3) is 0.250. The number of imidazole rings is 1. The van der Waals surface area contributed by atoms with E-state index in [9.17, 15) is 0 Å². The SMILES string of the molecule is CC(N1CCCC(Nc2ncnc(C#N)n2)C1)n1c(-c2cccnc2N)nc2ccc(-c3ccccc3)nc21. The fourth-order valence-electron chi connectivity index (χ4n) is 5.12. The Kier molecular flexibility index (Phi) is 6.52. The molecule has 2 atom stereocenters. The third-order valence-electron chi connectivity index (χ3n) is 7.05. The minimum Gasteiger partial charge on any atom is -0.383 e. The Morgan fingerprint density at radius 3 is 2.72 bits per heavy atom. The van der Waals surface area contributed by atoms with Crippen molar-refractivity contribution < 1.29 is 0 Å². The van der Waals surface area contributed by atoms with Gasteiger partial charge in [-0.3, -0.25) is 9.47 Å². The first-order valence-corrected chi connectivity index (χ1v) is 12.9. The average Bonchev–Trinajstić information content (AvgIpc) is 3.36. The number of hydrogen-bond acceptors (Lipinski definition) is 10. The summed E-state index contributed by atoms with van der Waals surface area (Å²) in [4.78, 5) is 29.0. The second-order valence-corrected chi connectivity index (χ2v) is 9.50. The zero-order valence-electron chi connectivity index (χ0n) is 21.4. The van der Waals surface area contributed by atoms with Crippen molar-refractivity contribution in [3.8, 4) is 28.7 Å². The van der Waals surface area contributed by atoms with Gasteiger partial charge in [0.1, 0.15) is 29.6 Å². The van der Waals surface area contributed by atoms with E-state index in [-0.39, 0.29) is 18.0 Å². The summed E-state index contributed by atoms with van der Waals surface area (Å²) in [7, 11) is 0. The van der Waals surface area contributed by atoms with Crippen LogP contribution < -0.4 is 11.1 Å². The van der Waals surface area contributed by atoms with Crippen LogP contribution in [0.3, 0.4) is 0 Å². The first-order valence-electron chi connectivity index (χ1n) is 12.9. The van der Waals surface area contributed by atoms with E-state index in [1.165, 1.54) is 6.33 Å². The number of aromatic nitrogens is 7. The number of nitriles is 1. The van der Waals surface area contributed by atoms with Crippen LogP contribution >= 0.6 is 0 Å². The number of hydrogen-bond donors (Lipinski definition) is 2. The summed E-state index contributed by atoms with van der Waals surface area (Å²) in [6, 6.07) is 20.0. The largest absolute Gasteiger partial charge is 0.383 e. The maximum absolute atomic E-state index is 9.14. The molecular weight excluding hydrogens is 490 g/mol. The number of nitrogen functional groups attached to an aromatic ring is 1. The number of rotatable bonds is 6. The summed E-state index contributed by atoms with van der Waals surface area (Å²) in [5, 5.41) is 12.5. The van der Waals surface area contributed by atoms with Gasteiger partial charge in [-0.1, -0.05) is 30.3 Å². The zero-order valence-corrected chi connectivity index (χ0v) is 21.4. The maximum atomic E-state index is 9.14. The summed E-state index contributed by atoms with van der Waals surface area (Å²) < 4.78 is 2.16. The first kappa shape index (κ1) is 24.4. The quantitative estimate of drug-likeness (QED) is 0.340. The summed E-state index contributed by atoms with van der Waals surface area (Å²) in [6.45, 7) is 3.81. The molecule has 5 heterocycles. The molecule has 194 valence electrons. The smallest absolute Gasteiger partial charge is 0.236 e. The summed E-state index contributed by atoms with van der Waals surface area (Å²) in [5.41, 5.74) is 10.6. The van der Waals surface area contributed by atoms with Crippen LogP contribution in [0, 0.1) is 11.3 Å². The van der Waals surface area contributed by atoms with Crippen molar-refractivity contribution in [2.45, 2.75) is 32.0 Å². The van der Waals surface area contributed by atoms with Gasteiger partial charge in [-0.05, 0) is 44.0 Å². The zero-order chi connectivity index (χ0) is 26.8. The lowest BCUT2D eigenvalue weighted by atomic mass is 10.1. The van der Waals surface area contributed by atoms with Gasteiger partial charge in [-0.25, -0.2) is 24.9 Å². The molecule has 1 aliphatic heterocycles. The van der Waals surface area contributed by atoms with Gasteiger partial charge in [0.15, 0.2) is 5.65 Å². The van der Waals surface area contributed by atoms with Crippen molar-refractivity contribution in [3.63, 3.8) is 0 Å². The number of likely N-dealkylation sites (tertiary alicyclic amines) is 1. The normalized spacial score (nSPS) is 16.6. The van der Waals surface area contributed by atoms with Gasteiger partial charge in [0, 0.05) is 30.9 Å². The Balaban J connectivity index is 1.38. The third-order valence-corrected chi connectivity index (χ3v) is 7.05. The number of nitrogens with zero attached hydrogens (tertiary/aromatic N) is 9. The fourth-order valence-corrected chi connectivity index (χ4v) is 5.12. The number of fused-ring (bicyclic) bond motifs is 1. The number of nitrogens with two attached hydrogens (primary N) is 1. The van der Waals surface area contributed by atoms with Gasteiger partial charge in [-0.2, -0.15) is 10.2 Å². The van der Waals surface area contributed by atoms with Gasteiger partial charge in [0.25, 0.3) is 0 Å². The summed E-state index contributed by atoms with van der Waals surface area (Å²) >= 11 is 0. The summed E-state index contributed by atoms with van der Waals surface area (Å²) in [5.74, 6) is 1.66. The van der Waals surface area contributed by atoms with E-state index in [0.717, 1.165) is 59.7 Å². The lowest BCUT2D eigenvalue weighted by Gasteiger charge is -2.38. The van der Waals surface area contributed by atoms with Crippen molar-refractivity contribution in [3.05, 3.63) is 72.9 Å². The molecule has 1 aromatic carbocycles. The molecule has 0 radical (unpaired) electrons. The molecular formula is C28H27N11. The van der Waals surface area contributed by atoms with Gasteiger partial charge < -0.3 is 11.1 Å². The van der Waals surface area contributed by atoms with E-state index in [0.29, 0.717) is 11.8 Å². The number of piperidine rings is 1. The minimum absolute atomic E-state index is 0.0826. The molecule has 1 fully saturated rings. The highest BCUT2D eigenvalue weighted by Gasteiger charge is 2.29. The lowest BCUT2D eigenvalue weighted by molar-refractivity contribution is 0.123. The van der Waals surface area contributed by atoms with Crippen LogP contribution in [0.1, 0.15) is 31.8 Å². The molecule has 0 spiro atoms. The topological polar surface area (TPSA) is 147 Å². The van der Waals surface area contributed by atoms with Gasteiger partial charge in [-0.15, -0.1) is 0 Å². The van der Waals surface area contributed by atoms with Crippen molar-refractivity contribution in [1.82, 2.24) is 39.4 Å². The van der Waals surface area contributed by atoms with Crippen LogP contribution in [0.2, 0.25) is 0 Å². The van der Waals surface area contributed by atoms with Crippen LogP contribution in [0.5, 0.6) is 0 Å². The van der Waals surface area contributed by atoms with E-state index in [1.807, 2.05) is 48.5 Å². The van der Waals surface area contributed by atoms with Crippen LogP contribution in [0.15, 0.2) is 67.1 Å². The van der Waals surface area contributed by atoms with Crippen LogP contribution in [0.4, 0.5) is 11.8 Å². The van der Waals surface area contributed by atoms with E-state index in [2.05, 4.69) is 53.8 Å². The second-order valence-electron chi connectivity index (χ2n) is 9.50. The minimum atomic E-state index is -0.0826. The van der Waals surface area contributed by atoms with Crippen molar-refractivity contribution in [1.29, 1.82) is 5.26 Å². The van der Waals surface area contributed by atoms with Crippen molar-refractivity contribution in [2.75, 3.05) is 24.1 Å². The van der Waals surface area contributed by atoms with Gasteiger partial charge >= 0.3 is 0 Å². The van der Waals surface area contributed by atoms with Crippen LogP contribution in [-0.2, 0) is 0 Å². The molecule has 6 rings (SSSR count). The maximum Gasteiger partial charge on any atom is 0.236 e. The van der Waals surface area contributed by atoms with E-state index in [1.54, 1.807) is 6.20 Å². The molecule has 4 aromatic heterocycles. The standard InChI is InChI=1S/C28H27N11/c1-18(38-14-6-9-20(16-38)34-28-33-17-32-24(15-29)37-28)39-26(21-10-5-13-31-25(21)30)36-23-12-11-22(35-27(23)39)19-7-3-2-4-8-19/h2-5,7-8,10-13,17-18,20H,6,9,14,16H2,1H3,(H2,30,31)(H,32,33,34,37). The average molecular weight is 518 g/mol. The van der Waals surface area contributed by atoms with Crippen molar-refractivity contribution in [2.24, 2.45) is 0 Å². The molecule has 0 amide bonds. The Labute approximate surface area is 225 Å². The Morgan fingerprint density at radius 2 is 1.90 bits per heavy atom. The molecule has 11 heteroatoms. The predicted molar refractivity (Wildman–Crippen MR) is 148 cm³/mol. The molecule has 3 N–H and O–H groups in total. The number of nitrogens with one attached hydrogen (secondary N) is 1. The van der Waals surface area contributed by atoms with E-state index in [4.69, 9.17) is 21.0 Å².